The van der Waals surface area contributed by atoms with Gasteiger partial charge in [0.1, 0.15) is 5.82 Å². The van der Waals surface area contributed by atoms with E-state index in [4.69, 9.17) is 0 Å². The molecule has 0 saturated carbocycles. The molecule has 0 radical (unpaired) electrons. The second-order valence-corrected chi connectivity index (χ2v) is 7.02. The van der Waals surface area contributed by atoms with Gasteiger partial charge >= 0.3 is 0 Å². The topological polar surface area (TPSA) is 56.7 Å². The lowest BCUT2D eigenvalue weighted by Gasteiger charge is -2.32. The molecule has 0 aliphatic carbocycles. The fourth-order valence-electron chi connectivity index (χ4n) is 3.52. The SMILES string of the molecule is CC1CCN(c2ccc(C(=O)N3CCCC(CO)C3)cn2)CC1. The van der Waals surface area contributed by atoms with E-state index in [9.17, 15) is 9.90 Å². The maximum atomic E-state index is 12.6. The van der Waals surface area contributed by atoms with Crippen molar-refractivity contribution in [3.63, 3.8) is 0 Å². The van der Waals surface area contributed by atoms with Crippen LogP contribution in [-0.2, 0) is 0 Å². The highest BCUT2D eigenvalue weighted by Gasteiger charge is 2.24. The number of aliphatic hydroxyl groups is 1. The summed E-state index contributed by atoms with van der Waals surface area (Å²) in [6.07, 6.45) is 6.09. The van der Waals surface area contributed by atoms with Crippen LogP contribution in [0.4, 0.5) is 5.82 Å². The fraction of sp³-hybridized carbons (Fsp3) is 0.667. The number of hydrogen-bond donors (Lipinski definition) is 1. The van der Waals surface area contributed by atoms with Gasteiger partial charge in [-0.2, -0.15) is 0 Å². The molecular formula is C18H27N3O2. The predicted octanol–water partition coefficient (Wildman–Crippen LogP) is 2.16. The number of piperidine rings is 2. The third-order valence-corrected chi connectivity index (χ3v) is 5.17. The summed E-state index contributed by atoms with van der Waals surface area (Å²) in [5, 5.41) is 9.30. The van der Waals surface area contributed by atoms with E-state index < -0.39 is 0 Å². The van der Waals surface area contributed by atoms with Gasteiger partial charge in [-0.1, -0.05) is 6.92 Å². The maximum absolute atomic E-state index is 12.6. The quantitative estimate of drug-likeness (QED) is 0.928. The van der Waals surface area contributed by atoms with E-state index in [-0.39, 0.29) is 18.4 Å². The van der Waals surface area contributed by atoms with Gasteiger partial charge in [0, 0.05) is 39.0 Å². The first-order valence-corrected chi connectivity index (χ1v) is 8.78. The number of nitrogens with zero attached hydrogens (tertiary/aromatic N) is 3. The number of anilines is 1. The Balaban J connectivity index is 1.63. The van der Waals surface area contributed by atoms with Crippen LogP contribution in [0.2, 0.25) is 0 Å². The number of rotatable bonds is 3. The van der Waals surface area contributed by atoms with Crippen LogP contribution in [0.1, 0.15) is 43.0 Å². The molecule has 0 aromatic carbocycles. The third kappa shape index (κ3) is 3.83. The van der Waals surface area contributed by atoms with Crippen molar-refractivity contribution in [2.24, 2.45) is 11.8 Å². The summed E-state index contributed by atoms with van der Waals surface area (Å²) in [5.74, 6) is 2.02. The van der Waals surface area contributed by atoms with Crippen molar-refractivity contribution in [2.75, 3.05) is 37.7 Å². The average molecular weight is 317 g/mol. The number of carbonyl (C=O) groups is 1. The molecule has 2 aliphatic rings. The molecule has 3 heterocycles. The molecule has 1 unspecified atom stereocenters. The Labute approximate surface area is 138 Å². The molecule has 5 nitrogen and oxygen atoms in total. The number of amides is 1. The summed E-state index contributed by atoms with van der Waals surface area (Å²) >= 11 is 0. The molecule has 2 fully saturated rings. The summed E-state index contributed by atoms with van der Waals surface area (Å²) in [7, 11) is 0. The number of pyridine rings is 1. The van der Waals surface area contributed by atoms with Crippen LogP contribution >= 0.6 is 0 Å². The van der Waals surface area contributed by atoms with Gasteiger partial charge in [0.25, 0.3) is 5.91 Å². The Bertz CT molecular complexity index is 524. The molecular weight excluding hydrogens is 290 g/mol. The predicted molar refractivity (Wildman–Crippen MR) is 90.6 cm³/mol. The van der Waals surface area contributed by atoms with Crippen molar-refractivity contribution in [3.05, 3.63) is 23.9 Å². The number of likely N-dealkylation sites (tertiary alicyclic amines) is 1. The van der Waals surface area contributed by atoms with Crippen molar-refractivity contribution in [1.82, 2.24) is 9.88 Å². The number of carbonyl (C=O) groups excluding carboxylic acids is 1. The van der Waals surface area contributed by atoms with Crippen molar-refractivity contribution in [2.45, 2.75) is 32.6 Å². The Morgan fingerprint density at radius 1 is 1.26 bits per heavy atom. The van der Waals surface area contributed by atoms with Crippen LogP contribution in [0.15, 0.2) is 18.3 Å². The maximum Gasteiger partial charge on any atom is 0.255 e. The molecule has 1 aromatic heterocycles. The van der Waals surface area contributed by atoms with Gasteiger partial charge in [-0.15, -0.1) is 0 Å². The molecule has 2 saturated heterocycles. The normalized spacial score (nSPS) is 23.1. The number of hydrogen-bond acceptors (Lipinski definition) is 4. The van der Waals surface area contributed by atoms with E-state index in [0.717, 1.165) is 44.2 Å². The van der Waals surface area contributed by atoms with Gasteiger partial charge in [-0.3, -0.25) is 4.79 Å². The van der Waals surface area contributed by atoms with E-state index >= 15 is 0 Å². The zero-order chi connectivity index (χ0) is 16.2. The molecule has 1 N–H and O–H groups in total. The van der Waals surface area contributed by atoms with Gasteiger partial charge in [-0.25, -0.2) is 4.98 Å². The summed E-state index contributed by atoms with van der Waals surface area (Å²) in [6.45, 7) is 5.98. The molecule has 0 bridgehead atoms. The van der Waals surface area contributed by atoms with Gasteiger partial charge in [0.15, 0.2) is 0 Å². The first-order valence-electron chi connectivity index (χ1n) is 8.78. The van der Waals surface area contributed by atoms with Crippen LogP contribution in [0.25, 0.3) is 0 Å². The molecule has 126 valence electrons. The standard InChI is InChI=1S/C18H27N3O2/c1-14-6-9-20(10-7-14)17-5-4-16(11-19-17)18(23)21-8-2-3-15(12-21)13-22/h4-5,11,14-15,22H,2-3,6-10,12-13H2,1H3. The fourth-order valence-corrected chi connectivity index (χ4v) is 3.52. The highest BCUT2D eigenvalue weighted by atomic mass is 16.3. The van der Waals surface area contributed by atoms with Crippen LogP contribution < -0.4 is 4.90 Å². The first-order chi connectivity index (χ1) is 11.2. The minimum absolute atomic E-state index is 0.0365. The first kappa shape index (κ1) is 16.2. The second-order valence-electron chi connectivity index (χ2n) is 7.02. The Morgan fingerprint density at radius 2 is 2.04 bits per heavy atom. The van der Waals surface area contributed by atoms with E-state index in [1.165, 1.54) is 12.8 Å². The van der Waals surface area contributed by atoms with Crippen LogP contribution in [0.3, 0.4) is 0 Å². The molecule has 3 rings (SSSR count). The Hall–Kier alpha value is -1.62. The van der Waals surface area contributed by atoms with Crippen LogP contribution in [-0.4, -0.2) is 53.7 Å². The monoisotopic (exact) mass is 317 g/mol. The summed E-state index contributed by atoms with van der Waals surface area (Å²) in [4.78, 5) is 21.2. The summed E-state index contributed by atoms with van der Waals surface area (Å²) in [5.41, 5.74) is 0.651. The molecule has 1 atom stereocenters. The lowest BCUT2D eigenvalue weighted by molar-refractivity contribution is 0.0620. The highest BCUT2D eigenvalue weighted by Crippen LogP contribution is 2.22. The third-order valence-electron chi connectivity index (χ3n) is 5.17. The van der Waals surface area contributed by atoms with Gasteiger partial charge in [0.05, 0.1) is 5.56 Å². The molecule has 1 aromatic rings. The largest absolute Gasteiger partial charge is 0.396 e. The lowest BCUT2D eigenvalue weighted by Crippen LogP contribution is -2.41. The van der Waals surface area contributed by atoms with Crippen molar-refractivity contribution in [1.29, 1.82) is 0 Å². The van der Waals surface area contributed by atoms with E-state index in [1.807, 2.05) is 17.0 Å². The van der Waals surface area contributed by atoms with Crippen LogP contribution in [0.5, 0.6) is 0 Å². The van der Waals surface area contributed by atoms with Crippen molar-refractivity contribution < 1.29 is 9.90 Å². The smallest absolute Gasteiger partial charge is 0.255 e. The number of aliphatic hydroxyl groups excluding tert-OH is 1. The lowest BCUT2D eigenvalue weighted by atomic mass is 9.98. The number of aromatic nitrogens is 1. The molecule has 23 heavy (non-hydrogen) atoms. The van der Waals surface area contributed by atoms with Crippen molar-refractivity contribution in [3.8, 4) is 0 Å². The zero-order valence-corrected chi connectivity index (χ0v) is 13.9. The van der Waals surface area contributed by atoms with Crippen LogP contribution in [0, 0.1) is 11.8 Å². The Kier molecular flexibility index (Phi) is 5.16. The van der Waals surface area contributed by atoms with E-state index in [1.54, 1.807) is 6.20 Å². The molecule has 0 spiro atoms. The average Bonchev–Trinajstić information content (AvgIpc) is 2.62. The highest BCUT2D eigenvalue weighted by molar-refractivity contribution is 5.94. The summed E-state index contributed by atoms with van der Waals surface area (Å²) in [6, 6.07) is 3.86. The zero-order valence-electron chi connectivity index (χ0n) is 13.9. The molecule has 5 heteroatoms. The minimum Gasteiger partial charge on any atom is -0.396 e. The summed E-state index contributed by atoms with van der Waals surface area (Å²) < 4.78 is 0. The molecule has 1 amide bonds. The Morgan fingerprint density at radius 3 is 2.70 bits per heavy atom. The van der Waals surface area contributed by atoms with Gasteiger partial charge in [0.2, 0.25) is 0 Å². The van der Waals surface area contributed by atoms with Gasteiger partial charge < -0.3 is 14.9 Å². The second kappa shape index (κ2) is 7.30. The van der Waals surface area contributed by atoms with Crippen molar-refractivity contribution >= 4 is 11.7 Å². The minimum atomic E-state index is 0.0365. The molecule has 2 aliphatic heterocycles. The van der Waals surface area contributed by atoms with E-state index in [0.29, 0.717) is 12.1 Å². The van der Waals surface area contributed by atoms with Gasteiger partial charge in [-0.05, 0) is 49.7 Å². The van der Waals surface area contributed by atoms with E-state index in [2.05, 4.69) is 16.8 Å².